The van der Waals surface area contributed by atoms with Crippen molar-refractivity contribution in [3.8, 4) is 11.8 Å². The largest absolute Gasteiger partial charge is 0.384 e. The molecule has 0 saturated carbocycles. The van der Waals surface area contributed by atoms with Crippen LogP contribution in [0, 0.1) is 18.8 Å². The van der Waals surface area contributed by atoms with Crippen LogP contribution in [0.4, 0.5) is 5.69 Å². The zero-order chi connectivity index (χ0) is 14.4. The number of carbonyl (C=O) groups excluding carboxylic acids is 1. The molecular formula is C17H15NO2. The number of nitrogens with one attached hydrogen (secondary N) is 1. The lowest BCUT2D eigenvalue weighted by Gasteiger charge is -2.09. The molecule has 2 N–H and O–H groups in total. The molecule has 2 aromatic carbocycles. The third-order valence-corrected chi connectivity index (χ3v) is 2.87. The normalized spacial score (nSPS) is 9.50. The Hall–Kier alpha value is -2.57. The molecule has 1 amide bonds. The minimum Gasteiger partial charge on any atom is -0.384 e. The minimum absolute atomic E-state index is 0.165. The zero-order valence-corrected chi connectivity index (χ0v) is 11.2. The van der Waals surface area contributed by atoms with Gasteiger partial charge in [0.05, 0.1) is 5.69 Å². The Kier molecular flexibility index (Phi) is 4.54. The monoisotopic (exact) mass is 265 g/mol. The molecule has 0 unspecified atom stereocenters. The smallest absolute Gasteiger partial charge is 0.255 e. The Morgan fingerprint density at radius 3 is 2.60 bits per heavy atom. The van der Waals surface area contributed by atoms with Gasteiger partial charge in [-0.05, 0) is 30.7 Å². The van der Waals surface area contributed by atoms with Gasteiger partial charge in [-0.25, -0.2) is 0 Å². The van der Waals surface area contributed by atoms with Gasteiger partial charge < -0.3 is 10.4 Å². The molecule has 3 heteroatoms. The van der Waals surface area contributed by atoms with E-state index in [0.717, 1.165) is 5.56 Å². The number of benzene rings is 2. The van der Waals surface area contributed by atoms with Gasteiger partial charge in [0, 0.05) is 11.1 Å². The summed E-state index contributed by atoms with van der Waals surface area (Å²) in [6, 6.07) is 14.7. The maximum Gasteiger partial charge on any atom is 0.255 e. The van der Waals surface area contributed by atoms with Crippen LogP contribution in [0.5, 0.6) is 0 Å². The highest BCUT2D eigenvalue weighted by atomic mass is 16.2. The second-order valence-corrected chi connectivity index (χ2v) is 4.27. The molecule has 0 aromatic heterocycles. The second-order valence-electron chi connectivity index (χ2n) is 4.27. The second kappa shape index (κ2) is 6.55. The van der Waals surface area contributed by atoms with E-state index in [1.54, 1.807) is 18.2 Å². The zero-order valence-electron chi connectivity index (χ0n) is 11.2. The standard InChI is InChI=1S/C17H15NO2/c1-13-7-2-4-10-15(13)17(20)18-16-11-5-3-8-14(16)9-6-12-19/h2-5,7-8,10-11,19H,12H2,1H3,(H,18,20). The van der Waals surface area contributed by atoms with Crippen molar-refractivity contribution in [1.82, 2.24) is 0 Å². The van der Waals surface area contributed by atoms with E-state index < -0.39 is 0 Å². The van der Waals surface area contributed by atoms with E-state index in [0.29, 0.717) is 16.8 Å². The number of aliphatic hydroxyl groups excluding tert-OH is 1. The number of anilines is 1. The average Bonchev–Trinajstić information content (AvgIpc) is 2.46. The van der Waals surface area contributed by atoms with Gasteiger partial charge in [-0.1, -0.05) is 42.2 Å². The van der Waals surface area contributed by atoms with Crippen LogP contribution in [0.2, 0.25) is 0 Å². The van der Waals surface area contributed by atoms with Crippen molar-refractivity contribution in [3.05, 3.63) is 65.2 Å². The molecule has 0 aliphatic heterocycles. The van der Waals surface area contributed by atoms with Crippen LogP contribution in [-0.4, -0.2) is 17.6 Å². The lowest BCUT2D eigenvalue weighted by molar-refractivity contribution is 0.102. The minimum atomic E-state index is -0.208. The molecule has 0 saturated heterocycles. The summed E-state index contributed by atoms with van der Waals surface area (Å²) in [4.78, 5) is 12.3. The summed E-state index contributed by atoms with van der Waals surface area (Å²) in [5.74, 6) is 5.24. The van der Waals surface area contributed by atoms with E-state index in [-0.39, 0.29) is 12.5 Å². The summed E-state index contributed by atoms with van der Waals surface area (Å²) in [5, 5.41) is 11.6. The molecule has 0 heterocycles. The maximum atomic E-state index is 12.3. The van der Waals surface area contributed by atoms with Gasteiger partial charge in [-0.2, -0.15) is 0 Å². The lowest BCUT2D eigenvalue weighted by atomic mass is 10.1. The Labute approximate surface area is 118 Å². The molecule has 3 nitrogen and oxygen atoms in total. The average molecular weight is 265 g/mol. The molecule has 0 aliphatic rings. The molecule has 0 radical (unpaired) electrons. The van der Waals surface area contributed by atoms with Crippen molar-refractivity contribution in [2.75, 3.05) is 11.9 Å². The lowest BCUT2D eigenvalue weighted by Crippen LogP contribution is -2.14. The van der Waals surface area contributed by atoms with E-state index in [1.165, 1.54) is 0 Å². The van der Waals surface area contributed by atoms with Crippen LogP contribution in [0.3, 0.4) is 0 Å². The van der Waals surface area contributed by atoms with Crippen LogP contribution < -0.4 is 5.32 Å². The van der Waals surface area contributed by atoms with E-state index in [1.807, 2.05) is 37.3 Å². The number of carbonyl (C=O) groups is 1. The van der Waals surface area contributed by atoms with Gasteiger partial charge in [0.1, 0.15) is 6.61 Å². The van der Waals surface area contributed by atoms with Gasteiger partial charge in [-0.15, -0.1) is 0 Å². The Bertz CT molecular complexity index is 681. The predicted molar refractivity (Wildman–Crippen MR) is 79.5 cm³/mol. The van der Waals surface area contributed by atoms with Crippen molar-refractivity contribution in [2.24, 2.45) is 0 Å². The molecule has 0 bridgehead atoms. The molecule has 20 heavy (non-hydrogen) atoms. The maximum absolute atomic E-state index is 12.3. The molecule has 0 spiro atoms. The number of rotatable bonds is 2. The van der Waals surface area contributed by atoms with Gasteiger partial charge >= 0.3 is 0 Å². The fourth-order valence-corrected chi connectivity index (χ4v) is 1.85. The van der Waals surface area contributed by atoms with Crippen molar-refractivity contribution in [1.29, 1.82) is 0 Å². The van der Waals surface area contributed by atoms with Crippen molar-refractivity contribution >= 4 is 11.6 Å². The first-order valence-electron chi connectivity index (χ1n) is 6.28. The summed E-state index contributed by atoms with van der Waals surface area (Å²) < 4.78 is 0. The molecular weight excluding hydrogens is 250 g/mol. The summed E-state index contributed by atoms with van der Waals surface area (Å²) in [6.45, 7) is 1.69. The summed E-state index contributed by atoms with van der Waals surface area (Å²) in [6.07, 6.45) is 0. The van der Waals surface area contributed by atoms with Crippen molar-refractivity contribution < 1.29 is 9.90 Å². The molecule has 2 rings (SSSR count). The van der Waals surface area contributed by atoms with Crippen LogP contribution >= 0.6 is 0 Å². The van der Waals surface area contributed by atoms with E-state index in [9.17, 15) is 4.79 Å². The Morgan fingerprint density at radius 2 is 1.85 bits per heavy atom. The Morgan fingerprint density at radius 1 is 1.15 bits per heavy atom. The predicted octanol–water partition coefficient (Wildman–Crippen LogP) is 2.59. The number of para-hydroxylation sites is 1. The SMILES string of the molecule is Cc1ccccc1C(=O)Nc1ccccc1C#CCO. The van der Waals surface area contributed by atoms with E-state index in [4.69, 9.17) is 5.11 Å². The highest BCUT2D eigenvalue weighted by Crippen LogP contribution is 2.16. The third kappa shape index (κ3) is 3.25. The molecule has 0 atom stereocenters. The number of aliphatic hydroxyl groups is 1. The molecule has 0 aliphatic carbocycles. The first-order valence-corrected chi connectivity index (χ1v) is 6.28. The molecule has 0 fully saturated rings. The highest BCUT2D eigenvalue weighted by molar-refractivity contribution is 6.05. The first-order chi connectivity index (χ1) is 9.72. The first kappa shape index (κ1) is 13.9. The summed E-state index contributed by atoms with van der Waals surface area (Å²) >= 11 is 0. The fraction of sp³-hybridized carbons (Fsp3) is 0.118. The van der Waals surface area contributed by atoms with Crippen molar-refractivity contribution in [3.63, 3.8) is 0 Å². The van der Waals surface area contributed by atoms with Gasteiger partial charge in [0.2, 0.25) is 0 Å². The van der Waals surface area contributed by atoms with Gasteiger partial charge in [0.25, 0.3) is 5.91 Å². The van der Waals surface area contributed by atoms with Crippen LogP contribution in [0.15, 0.2) is 48.5 Å². The third-order valence-electron chi connectivity index (χ3n) is 2.87. The molecule has 2 aromatic rings. The summed E-state index contributed by atoms with van der Waals surface area (Å²) in [7, 11) is 0. The quantitative estimate of drug-likeness (QED) is 0.820. The highest BCUT2D eigenvalue weighted by Gasteiger charge is 2.09. The number of amides is 1. The van der Waals surface area contributed by atoms with E-state index >= 15 is 0 Å². The van der Waals surface area contributed by atoms with Gasteiger partial charge in [0.15, 0.2) is 0 Å². The van der Waals surface area contributed by atoms with Gasteiger partial charge in [-0.3, -0.25) is 4.79 Å². The Balaban J connectivity index is 2.27. The van der Waals surface area contributed by atoms with Crippen molar-refractivity contribution in [2.45, 2.75) is 6.92 Å². The number of hydrogen-bond donors (Lipinski definition) is 2. The van der Waals surface area contributed by atoms with Crippen LogP contribution in [-0.2, 0) is 0 Å². The molecule has 100 valence electrons. The number of aryl methyl sites for hydroxylation is 1. The van der Waals surface area contributed by atoms with Crippen LogP contribution in [0.1, 0.15) is 21.5 Å². The van der Waals surface area contributed by atoms with Crippen LogP contribution in [0.25, 0.3) is 0 Å². The number of hydrogen-bond acceptors (Lipinski definition) is 2. The van der Waals surface area contributed by atoms with E-state index in [2.05, 4.69) is 17.2 Å². The summed E-state index contributed by atoms with van der Waals surface area (Å²) in [5.41, 5.74) is 2.88. The topological polar surface area (TPSA) is 49.3 Å². The fourth-order valence-electron chi connectivity index (χ4n) is 1.85.